The highest BCUT2D eigenvalue weighted by molar-refractivity contribution is 6.37. The minimum absolute atomic E-state index is 0.282. The van der Waals surface area contributed by atoms with Crippen LogP contribution in [0.5, 0.6) is 0 Å². The van der Waals surface area contributed by atoms with Crippen LogP contribution in [0.3, 0.4) is 0 Å². The molecule has 0 saturated carbocycles. The van der Waals surface area contributed by atoms with Crippen LogP contribution >= 0.6 is 11.6 Å². The summed E-state index contributed by atoms with van der Waals surface area (Å²) in [5, 5.41) is 5.73. The molecule has 29 heavy (non-hydrogen) atoms. The molecule has 0 atom stereocenters. The van der Waals surface area contributed by atoms with Crippen LogP contribution in [0.4, 0.5) is 5.69 Å². The van der Waals surface area contributed by atoms with Gasteiger partial charge in [-0.3, -0.25) is 9.59 Å². The summed E-state index contributed by atoms with van der Waals surface area (Å²) in [6.45, 7) is 3.82. The zero-order valence-corrected chi connectivity index (χ0v) is 16.4. The van der Waals surface area contributed by atoms with E-state index in [-0.39, 0.29) is 11.5 Å². The molecule has 0 fully saturated rings. The number of imide groups is 1. The predicted molar refractivity (Wildman–Crippen MR) is 111 cm³/mol. The zero-order chi connectivity index (χ0) is 20.3. The van der Waals surface area contributed by atoms with Crippen molar-refractivity contribution in [3.63, 3.8) is 0 Å². The molecular formula is C22H15ClN4O2. The summed E-state index contributed by atoms with van der Waals surface area (Å²) in [4.78, 5) is 31.9. The van der Waals surface area contributed by atoms with E-state index in [0.29, 0.717) is 33.0 Å². The number of anilines is 1. The number of nitrogens with zero attached hydrogens (tertiary/aromatic N) is 4. The van der Waals surface area contributed by atoms with Crippen molar-refractivity contribution in [3.05, 3.63) is 82.1 Å². The van der Waals surface area contributed by atoms with Crippen LogP contribution in [0.15, 0.2) is 54.7 Å². The lowest BCUT2D eigenvalue weighted by atomic mass is 10.1. The average Bonchev–Trinajstić information content (AvgIpc) is 3.17. The first-order valence-corrected chi connectivity index (χ1v) is 9.43. The van der Waals surface area contributed by atoms with Gasteiger partial charge in [-0.1, -0.05) is 23.7 Å². The van der Waals surface area contributed by atoms with Crippen molar-refractivity contribution in [2.75, 3.05) is 4.90 Å². The SMILES string of the molecule is Cc1cccc(-n2nc(C)c3c4c(cnc32)C(=O)N(c2ccc(Cl)cc2)C4=O)c1. The van der Waals surface area contributed by atoms with Gasteiger partial charge < -0.3 is 0 Å². The fourth-order valence-electron chi connectivity index (χ4n) is 3.73. The van der Waals surface area contributed by atoms with E-state index in [0.717, 1.165) is 16.2 Å². The van der Waals surface area contributed by atoms with Crippen molar-refractivity contribution in [2.45, 2.75) is 13.8 Å². The minimum atomic E-state index is -0.399. The number of rotatable bonds is 2. The Morgan fingerprint density at radius 1 is 0.931 bits per heavy atom. The third kappa shape index (κ3) is 2.57. The first kappa shape index (κ1) is 17.6. The lowest BCUT2D eigenvalue weighted by Gasteiger charge is -2.13. The van der Waals surface area contributed by atoms with Gasteiger partial charge in [0, 0.05) is 11.2 Å². The van der Waals surface area contributed by atoms with Crippen LogP contribution in [-0.4, -0.2) is 26.6 Å². The molecular weight excluding hydrogens is 388 g/mol. The third-order valence-corrected chi connectivity index (χ3v) is 5.30. The summed E-state index contributed by atoms with van der Waals surface area (Å²) in [6, 6.07) is 14.5. The molecule has 7 heteroatoms. The Morgan fingerprint density at radius 2 is 1.69 bits per heavy atom. The fourth-order valence-corrected chi connectivity index (χ4v) is 3.85. The molecule has 6 nitrogen and oxygen atoms in total. The van der Waals surface area contributed by atoms with Crippen LogP contribution in [0.2, 0.25) is 5.02 Å². The van der Waals surface area contributed by atoms with Gasteiger partial charge in [-0.05, 0) is 55.8 Å². The smallest absolute Gasteiger partial charge is 0.267 e. The second-order valence-electron chi connectivity index (χ2n) is 7.00. The van der Waals surface area contributed by atoms with Crippen molar-refractivity contribution >= 4 is 40.1 Å². The molecule has 2 amide bonds. The Labute approximate surface area is 171 Å². The van der Waals surface area contributed by atoms with Crippen LogP contribution in [0, 0.1) is 13.8 Å². The molecule has 0 unspecified atom stereocenters. The second kappa shape index (κ2) is 6.25. The molecule has 1 aliphatic heterocycles. The van der Waals surface area contributed by atoms with Crippen LogP contribution in [0.1, 0.15) is 32.0 Å². The van der Waals surface area contributed by atoms with Crippen LogP contribution in [0.25, 0.3) is 16.7 Å². The summed E-state index contributed by atoms with van der Waals surface area (Å²) in [7, 11) is 0. The van der Waals surface area contributed by atoms with Gasteiger partial charge in [0.2, 0.25) is 0 Å². The Morgan fingerprint density at radius 3 is 2.41 bits per heavy atom. The molecule has 0 bridgehead atoms. The van der Waals surface area contributed by atoms with Crippen LogP contribution in [-0.2, 0) is 0 Å². The van der Waals surface area contributed by atoms with E-state index in [9.17, 15) is 9.59 Å². The monoisotopic (exact) mass is 402 g/mol. The number of carbonyl (C=O) groups excluding carboxylic acids is 2. The Hall–Kier alpha value is -3.51. The Kier molecular flexibility index (Phi) is 3.79. The van der Waals surface area contributed by atoms with E-state index >= 15 is 0 Å². The third-order valence-electron chi connectivity index (χ3n) is 5.05. The molecule has 5 rings (SSSR count). The second-order valence-corrected chi connectivity index (χ2v) is 7.44. The summed E-state index contributed by atoms with van der Waals surface area (Å²) in [5.41, 5.74) is 4.22. The van der Waals surface area contributed by atoms with Gasteiger partial charge in [-0.2, -0.15) is 5.10 Å². The van der Waals surface area contributed by atoms with E-state index in [1.807, 2.05) is 38.1 Å². The highest BCUT2D eigenvalue weighted by Crippen LogP contribution is 2.34. The maximum atomic E-state index is 13.3. The van der Waals surface area contributed by atoms with E-state index in [1.165, 1.54) is 6.20 Å². The van der Waals surface area contributed by atoms with Gasteiger partial charge in [-0.25, -0.2) is 14.6 Å². The Balaban J connectivity index is 1.72. The van der Waals surface area contributed by atoms with E-state index < -0.39 is 5.91 Å². The lowest BCUT2D eigenvalue weighted by molar-refractivity contribution is 0.0926. The standard InChI is InChI=1S/C22H15ClN4O2/c1-12-4-3-5-16(10-12)27-20-18(13(2)25-27)19-17(11-24-20)21(28)26(22(19)29)15-8-6-14(23)7-9-15/h3-11H,1-2H3. The maximum Gasteiger partial charge on any atom is 0.267 e. The van der Waals surface area contributed by atoms with Crippen molar-refractivity contribution in [1.82, 2.24) is 14.8 Å². The van der Waals surface area contributed by atoms with Gasteiger partial charge in [-0.15, -0.1) is 0 Å². The number of fused-ring (bicyclic) bond motifs is 3. The number of halogens is 1. The maximum absolute atomic E-state index is 13.3. The normalized spacial score (nSPS) is 13.4. The highest BCUT2D eigenvalue weighted by Gasteiger charge is 2.40. The molecule has 142 valence electrons. The lowest BCUT2D eigenvalue weighted by Crippen LogP contribution is -2.29. The van der Waals surface area contributed by atoms with Crippen molar-refractivity contribution < 1.29 is 9.59 Å². The number of hydrogen-bond acceptors (Lipinski definition) is 4. The molecule has 1 aliphatic rings. The number of benzene rings is 2. The summed E-state index contributed by atoms with van der Waals surface area (Å²) in [5.74, 6) is -0.781. The number of amides is 2. The topological polar surface area (TPSA) is 68.1 Å². The quantitative estimate of drug-likeness (QED) is 0.463. The van der Waals surface area contributed by atoms with Gasteiger partial charge in [0.05, 0.1) is 33.6 Å². The van der Waals surface area contributed by atoms with Crippen molar-refractivity contribution in [1.29, 1.82) is 0 Å². The molecule has 4 aromatic rings. The average molecular weight is 403 g/mol. The van der Waals surface area contributed by atoms with Gasteiger partial charge in [0.15, 0.2) is 5.65 Å². The largest absolute Gasteiger partial charge is 0.268 e. The molecule has 2 aromatic carbocycles. The minimum Gasteiger partial charge on any atom is -0.268 e. The van der Waals surface area contributed by atoms with Crippen molar-refractivity contribution in [2.24, 2.45) is 0 Å². The summed E-state index contributed by atoms with van der Waals surface area (Å²) >= 11 is 5.94. The molecule has 0 aliphatic carbocycles. The highest BCUT2D eigenvalue weighted by atomic mass is 35.5. The van der Waals surface area contributed by atoms with Gasteiger partial charge in [0.25, 0.3) is 11.8 Å². The van der Waals surface area contributed by atoms with Gasteiger partial charge in [0.1, 0.15) is 0 Å². The van der Waals surface area contributed by atoms with E-state index in [2.05, 4.69) is 10.1 Å². The molecule has 3 heterocycles. The molecule has 0 saturated heterocycles. The number of aromatic nitrogens is 3. The molecule has 2 aromatic heterocycles. The van der Waals surface area contributed by atoms with Gasteiger partial charge >= 0.3 is 0 Å². The summed E-state index contributed by atoms with van der Waals surface area (Å²) in [6.07, 6.45) is 1.46. The first-order chi connectivity index (χ1) is 14.0. The number of hydrogen-bond donors (Lipinski definition) is 0. The number of pyridine rings is 1. The van der Waals surface area contributed by atoms with E-state index in [1.54, 1.807) is 28.9 Å². The summed E-state index contributed by atoms with van der Waals surface area (Å²) < 4.78 is 1.71. The zero-order valence-electron chi connectivity index (χ0n) is 15.7. The number of carbonyl (C=O) groups is 2. The van der Waals surface area contributed by atoms with E-state index in [4.69, 9.17) is 11.6 Å². The predicted octanol–water partition coefficient (Wildman–Crippen LogP) is 4.49. The fraction of sp³-hybridized carbons (Fsp3) is 0.0909. The first-order valence-electron chi connectivity index (χ1n) is 9.05. The van der Waals surface area contributed by atoms with Crippen LogP contribution < -0.4 is 4.90 Å². The molecule has 0 spiro atoms. The number of aryl methyl sites for hydroxylation is 2. The Bertz CT molecular complexity index is 1320. The molecule has 0 radical (unpaired) electrons. The molecule has 0 N–H and O–H groups in total. The van der Waals surface area contributed by atoms with Crippen molar-refractivity contribution in [3.8, 4) is 5.69 Å².